The molecule has 21 heavy (non-hydrogen) atoms. The molecular formula is C11H19N5O3S2. The van der Waals surface area contributed by atoms with Crippen LogP contribution in [0.4, 0.5) is 11.9 Å². The molecule has 1 unspecified atom stereocenters. The summed E-state index contributed by atoms with van der Waals surface area (Å²) in [6.45, 7) is 3.14. The first kappa shape index (κ1) is 16.1. The Bertz CT molecular complexity index is 596. The van der Waals surface area contributed by atoms with Gasteiger partial charge < -0.3 is 15.0 Å². The molecule has 1 saturated heterocycles. The van der Waals surface area contributed by atoms with Crippen molar-refractivity contribution in [3.05, 3.63) is 0 Å². The molecule has 0 amide bonds. The van der Waals surface area contributed by atoms with Crippen molar-refractivity contribution in [2.75, 3.05) is 48.2 Å². The van der Waals surface area contributed by atoms with Crippen molar-refractivity contribution in [2.45, 2.75) is 12.3 Å². The third-order valence-electron chi connectivity index (χ3n) is 2.96. The zero-order valence-corrected chi connectivity index (χ0v) is 13.9. The summed E-state index contributed by atoms with van der Waals surface area (Å²) < 4.78 is 29.0. The smallest absolute Gasteiger partial charge is 0.322 e. The molecule has 1 N–H and O–H groups in total. The maximum absolute atomic E-state index is 12.0. The fourth-order valence-electron chi connectivity index (χ4n) is 1.97. The van der Waals surface area contributed by atoms with E-state index in [1.165, 1.54) is 13.4 Å². The molecule has 0 radical (unpaired) electrons. The van der Waals surface area contributed by atoms with E-state index in [-0.39, 0.29) is 6.01 Å². The first-order valence-electron chi connectivity index (χ1n) is 6.53. The van der Waals surface area contributed by atoms with E-state index in [0.29, 0.717) is 30.7 Å². The van der Waals surface area contributed by atoms with Gasteiger partial charge in [0.05, 0.1) is 7.11 Å². The van der Waals surface area contributed by atoms with Gasteiger partial charge in [0.1, 0.15) is 5.37 Å². The summed E-state index contributed by atoms with van der Waals surface area (Å²) in [5.74, 6) is 2.04. The van der Waals surface area contributed by atoms with Gasteiger partial charge in [-0.05, 0) is 6.92 Å². The fourth-order valence-corrected chi connectivity index (χ4v) is 4.78. The van der Waals surface area contributed by atoms with Gasteiger partial charge in [-0.2, -0.15) is 26.7 Å². The summed E-state index contributed by atoms with van der Waals surface area (Å²) in [5.41, 5.74) is 0. The maximum Gasteiger partial charge on any atom is 0.322 e. The summed E-state index contributed by atoms with van der Waals surface area (Å²) in [7, 11) is -1.76. The molecule has 10 heteroatoms. The molecule has 0 spiro atoms. The van der Waals surface area contributed by atoms with E-state index in [1.807, 2.05) is 6.92 Å². The fraction of sp³-hybridized carbons (Fsp3) is 0.727. The number of rotatable bonds is 5. The van der Waals surface area contributed by atoms with E-state index in [0.717, 1.165) is 5.75 Å². The highest BCUT2D eigenvalue weighted by molar-refractivity contribution is 8.01. The van der Waals surface area contributed by atoms with Crippen LogP contribution in [0.25, 0.3) is 0 Å². The zero-order valence-electron chi connectivity index (χ0n) is 12.2. The van der Waals surface area contributed by atoms with Crippen LogP contribution >= 0.6 is 11.8 Å². The number of ether oxygens (including phenoxy) is 1. The summed E-state index contributed by atoms with van der Waals surface area (Å²) in [4.78, 5) is 14.3. The third kappa shape index (κ3) is 3.88. The van der Waals surface area contributed by atoms with Gasteiger partial charge in [0, 0.05) is 30.9 Å². The Labute approximate surface area is 128 Å². The number of nitrogens with one attached hydrogen (secondary N) is 1. The Morgan fingerprint density at radius 1 is 1.43 bits per heavy atom. The van der Waals surface area contributed by atoms with Gasteiger partial charge in [-0.3, -0.25) is 0 Å². The van der Waals surface area contributed by atoms with Gasteiger partial charge in [-0.1, -0.05) is 0 Å². The summed E-state index contributed by atoms with van der Waals surface area (Å²) in [6, 6.07) is 0.168. The van der Waals surface area contributed by atoms with Crippen LogP contribution in [0.5, 0.6) is 6.01 Å². The largest absolute Gasteiger partial charge is 0.467 e. The normalized spacial score (nSPS) is 19.4. The van der Waals surface area contributed by atoms with Crippen molar-refractivity contribution >= 4 is 33.5 Å². The monoisotopic (exact) mass is 333 g/mol. The van der Waals surface area contributed by atoms with E-state index in [1.54, 1.807) is 16.7 Å². The lowest BCUT2D eigenvalue weighted by Gasteiger charge is -2.34. The van der Waals surface area contributed by atoms with Crippen LogP contribution in [-0.4, -0.2) is 66.7 Å². The molecule has 1 atom stereocenters. The van der Waals surface area contributed by atoms with Gasteiger partial charge in [0.25, 0.3) is 0 Å². The highest BCUT2D eigenvalue weighted by atomic mass is 32.2. The number of hydrogen-bond donors (Lipinski definition) is 1. The number of nitrogens with zero attached hydrogens (tertiary/aromatic N) is 4. The minimum Gasteiger partial charge on any atom is -0.467 e. The average Bonchev–Trinajstić information content (AvgIpc) is 2.46. The molecule has 2 rings (SSSR count). The number of anilines is 2. The van der Waals surface area contributed by atoms with Crippen LogP contribution in [0.1, 0.15) is 6.92 Å². The minimum absolute atomic E-state index is 0.168. The minimum atomic E-state index is -3.22. The van der Waals surface area contributed by atoms with Crippen LogP contribution in [0, 0.1) is 0 Å². The van der Waals surface area contributed by atoms with Gasteiger partial charge in [0.2, 0.25) is 11.9 Å². The molecule has 8 nitrogen and oxygen atoms in total. The Balaban J connectivity index is 2.40. The van der Waals surface area contributed by atoms with E-state index in [2.05, 4.69) is 20.3 Å². The van der Waals surface area contributed by atoms with Gasteiger partial charge in [0.15, 0.2) is 9.84 Å². The first-order chi connectivity index (χ1) is 9.95. The van der Waals surface area contributed by atoms with Crippen molar-refractivity contribution in [3.63, 3.8) is 0 Å². The molecule has 1 aliphatic heterocycles. The maximum atomic E-state index is 12.0. The number of thioether (sulfide) groups is 1. The first-order valence-corrected chi connectivity index (χ1v) is 9.63. The van der Waals surface area contributed by atoms with E-state index in [4.69, 9.17) is 4.74 Å². The number of methoxy groups -OCH3 is 1. The molecule has 0 aliphatic carbocycles. The van der Waals surface area contributed by atoms with E-state index in [9.17, 15) is 8.42 Å². The van der Waals surface area contributed by atoms with Crippen LogP contribution in [0.2, 0.25) is 0 Å². The Kier molecular flexibility index (Phi) is 5.09. The summed E-state index contributed by atoms with van der Waals surface area (Å²) in [6.07, 6.45) is 1.24. The molecule has 118 valence electrons. The molecular weight excluding hydrogens is 314 g/mol. The van der Waals surface area contributed by atoms with Gasteiger partial charge in [-0.15, -0.1) is 0 Å². The van der Waals surface area contributed by atoms with Gasteiger partial charge >= 0.3 is 6.01 Å². The molecule has 1 aliphatic rings. The molecule has 1 aromatic rings. The highest BCUT2D eigenvalue weighted by Gasteiger charge is 2.33. The van der Waals surface area contributed by atoms with E-state index >= 15 is 0 Å². The molecule has 0 bridgehead atoms. The molecule has 1 fully saturated rings. The quantitative estimate of drug-likeness (QED) is 0.812. The lowest BCUT2D eigenvalue weighted by Crippen LogP contribution is -2.47. The molecule has 0 aromatic carbocycles. The van der Waals surface area contributed by atoms with Crippen molar-refractivity contribution in [1.82, 2.24) is 15.0 Å². The second kappa shape index (κ2) is 6.65. The number of hydrogen-bond acceptors (Lipinski definition) is 9. The van der Waals surface area contributed by atoms with Crippen LogP contribution < -0.4 is 15.0 Å². The number of aromatic nitrogens is 3. The standard InChI is InChI=1S/C11H19N5O3S2/c1-4-12-9-13-10(15-11(14-9)19-2)16-5-6-20-7-8(16)21(3,17)18/h8H,4-7H2,1-3H3,(H,12,13,14,15). The summed E-state index contributed by atoms with van der Waals surface area (Å²) >= 11 is 1.61. The Morgan fingerprint density at radius 3 is 2.81 bits per heavy atom. The SMILES string of the molecule is CCNc1nc(OC)nc(N2CCSCC2S(C)(=O)=O)n1. The highest BCUT2D eigenvalue weighted by Crippen LogP contribution is 2.25. The van der Waals surface area contributed by atoms with Crippen LogP contribution in [-0.2, 0) is 9.84 Å². The Hall–Kier alpha value is -1.29. The summed E-state index contributed by atoms with van der Waals surface area (Å²) in [5, 5.41) is 2.36. The molecule has 1 aromatic heterocycles. The topological polar surface area (TPSA) is 97.3 Å². The zero-order chi connectivity index (χ0) is 15.5. The Morgan fingerprint density at radius 2 is 2.19 bits per heavy atom. The van der Waals surface area contributed by atoms with Crippen molar-refractivity contribution in [1.29, 1.82) is 0 Å². The predicted molar refractivity (Wildman–Crippen MR) is 83.8 cm³/mol. The third-order valence-corrected chi connectivity index (χ3v) is 5.60. The second-order valence-corrected chi connectivity index (χ2v) is 7.88. The lowest BCUT2D eigenvalue weighted by atomic mass is 10.5. The van der Waals surface area contributed by atoms with Crippen molar-refractivity contribution < 1.29 is 13.2 Å². The van der Waals surface area contributed by atoms with Crippen molar-refractivity contribution in [3.8, 4) is 6.01 Å². The van der Waals surface area contributed by atoms with Crippen LogP contribution in [0.15, 0.2) is 0 Å². The van der Waals surface area contributed by atoms with Gasteiger partial charge in [-0.25, -0.2) is 8.42 Å². The molecule has 0 saturated carbocycles. The van der Waals surface area contributed by atoms with E-state index < -0.39 is 15.2 Å². The molecule has 2 heterocycles. The predicted octanol–water partition coefficient (Wildman–Crippen LogP) is 0.236. The lowest BCUT2D eigenvalue weighted by molar-refractivity contribution is 0.378. The van der Waals surface area contributed by atoms with Crippen LogP contribution in [0.3, 0.4) is 0 Å². The average molecular weight is 333 g/mol. The second-order valence-electron chi connectivity index (χ2n) is 4.53. The number of sulfone groups is 1. The van der Waals surface area contributed by atoms with Crippen molar-refractivity contribution in [2.24, 2.45) is 0 Å².